The number of rotatable bonds is 7. The number of hydrogen-bond donors (Lipinski definition) is 0. The van der Waals surface area contributed by atoms with Crippen molar-refractivity contribution in [1.29, 1.82) is 0 Å². The van der Waals surface area contributed by atoms with E-state index in [0.29, 0.717) is 0 Å². The number of para-hydroxylation sites is 3. The van der Waals surface area contributed by atoms with E-state index in [1.807, 2.05) is 0 Å². The van der Waals surface area contributed by atoms with Crippen LogP contribution in [-0.4, -0.2) is 0 Å². The Morgan fingerprint density at radius 2 is 0.739 bits per heavy atom. The number of fused-ring (bicyclic) bond motifs is 15. The Labute approximate surface area is 402 Å². The van der Waals surface area contributed by atoms with Crippen molar-refractivity contribution in [2.24, 2.45) is 0 Å². The highest BCUT2D eigenvalue weighted by atomic mass is 16.3. The van der Waals surface area contributed by atoms with Gasteiger partial charge in [0, 0.05) is 56.1 Å². The van der Waals surface area contributed by atoms with E-state index < -0.39 is 5.41 Å². The monoisotopic (exact) mass is 882 g/mol. The highest BCUT2D eigenvalue weighted by molar-refractivity contribution is 6.03. The molecule has 1 aromatic heterocycles. The SMILES string of the molecule is CC1(C)c2ccccc2-c2ccc(N(c3ccc(-c4ccccc4)cc3)c3ccc4c(c3)C3(c5ccccc5-c5ccc(N(c6ccccc6)c6ccccc6)cc53)c3c-4oc4ccccc34)cc21. The molecule has 1 unspecified atom stereocenters. The molecule has 0 N–H and O–H groups in total. The quantitative estimate of drug-likeness (QED) is 0.159. The van der Waals surface area contributed by atoms with Crippen molar-refractivity contribution in [3.63, 3.8) is 0 Å². The van der Waals surface area contributed by atoms with Crippen molar-refractivity contribution < 1.29 is 4.42 Å². The first-order valence-electron chi connectivity index (χ1n) is 24.0. The first-order chi connectivity index (χ1) is 34.0. The minimum absolute atomic E-state index is 0.162. The van der Waals surface area contributed by atoms with E-state index in [2.05, 4.69) is 266 Å². The number of nitrogens with zero attached hydrogens (tertiary/aromatic N) is 2. The van der Waals surface area contributed by atoms with Crippen molar-refractivity contribution in [3.05, 3.63) is 276 Å². The molecule has 14 rings (SSSR count). The van der Waals surface area contributed by atoms with Crippen LogP contribution in [0.3, 0.4) is 0 Å². The summed E-state index contributed by atoms with van der Waals surface area (Å²) >= 11 is 0. The lowest BCUT2D eigenvalue weighted by Crippen LogP contribution is -2.26. The molecule has 3 aliphatic rings. The van der Waals surface area contributed by atoms with Crippen molar-refractivity contribution >= 4 is 45.1 Å². The average molecular weight is 883 g/mol. The van der Waals surface area contributed by atoms with E-state index in [0.717, 1.165) is 56.4 Å². The molecule has 1 heterocycles. The lowest BCUT2D eigenvalue weighted by atomic mass is 9.70. The molecular weight excluding hydrogens is 837 g/mol. The molecule has 3 aliphatic carbocycles. The van der Waals surface area contributed by atoms with Gasteiger partial charge in [-0.3, -0.25) is 0 Å². The molecule has 3 nitrogen and oxygen atoms in total. The Balaban J connectivity index is 1.03. The molecule has 69 heavy (non-hydrogen) atoms. The predicted molar refractivity (Wildman–Crippen MR) is 285 cm³/mol. The van der Waals surface area contributed by atoms with Gasteiger partial charge in [-0.05, 0) is 146 Å². The number of benzene rings is 10. The van der Waals surface area contributed by atoms with Crippen LogP contribution in [0, 0.1) is 0 Å². The Hall–Kier alpha value is -8.66. The molecule has 326 valence electrons. The van der Waals surface area contributed by atoms with Crippen LogP contribution >= 0.6 is 0 Å². The van der Waals surface area contributed by atoms with Gasteiger partial charge in [-0.25, -0.2) is 0 Å². The van der Waals surface area contributed by atoms with Crippen molar-refractivity contribution in [2.75, 3.05) is 9.80 Å². The van der Waals surface area contributed by atoms with E-state index in [9.17, 15) is 0 Å². The van der Waals surface area contributed by atoms with Crippen molar-refractivity contribution in [2.45, 2.75) is 24.7 Å². The number of hydrogen-bond acceptors (Lipinski definition) is 3. The predicted octanol–water partition coefficient (Wildman–Crippen LogP) is 17.7. The Morgan fingerprint density at radius 3 is 1.39 bits per heavy atom. The first-order valence-corrected chi connectivity index (χ1v) is 24.0. The summed E-state index contributed by atoms with van der Waals surface area (Å²) in [6.45, 7) is 4.73. The number of anilines is 6. The topological polar surface area (TPSA) is 19.6 Å². The van der Waals surface area contributed by atoms with Gasteiger partial charge in [0.25, 0.3) is 0 Å². The zero-order valence-electron chi connectivity index (χ0n) is 38.4. The Bertz CT molecular complexity index is 3770. The van der Waals surface area contributed by atoms with Gasteiger partial charge >= 0.3 is 0 Å². The van der Waals surface area contributed by atoms with Crippen molar-refractivity contribution in [3.8, 4) is 44.7 Å². The molecule has 1 atom stereocenters. The standard InChI is InChI=1S/C66H46N2O/c1-65(2)57-27-15-12-24-51(57)53-37-34-48(40-59(53)65)68(47-32-30-44(31-33-47)43-18-6-3-7-19-43)50-36-39-55-61(42-50)66(63-56-26-14-17-29-62(56)69-64(55)63)58-28-16-13-25-52(58)54-38-35-49(41-60(54)66)67(45-20-8-4-9-21-45)46-22-10-5-11-23-46/h3-42H,1-2H3. The largest absolute Gasteiger partial charge is 0.456 e. The molecular formula is C66H46N2O. The third-order valence-corrected chi connectivity index (χ3v) is 15.3. The average Bonchev–Trinajstić information content (AvgIpc) is 4.09. The molecule has 0 fully saturated rings. The van der Waals surface area contributed by atoms with Gasteiger partial charge in [0.1, 0.15) is 11.3 Å². The van der Waals surface area contributed by atoms with Crippen LogP contribution < -0.4 is 9.80 Å². The maximum atomic E-state index is 7.07. The van der Waals surface area contributed by atoms with Gasteiger partial charge in [-0.1, -0.05) is 172 Å². The second-order valence-corrected chi connectivity index (χ2v) is 19.2. The van der Waals surface area contributed by atoms with E-state index >= 15 is 0 Å². The van der Waals surface area contributed by atoms with Gasteiger partial charge < -0.3 is 14.2 Å². The summed E-state index contributed by atoms with van der Waals surface area (Å²) in [5.74, 6) is 0.935. The van der Waals surface area contributed by atoms with E-state index in [1.54, 1.807) is 0 Å². The fourth-order valence-electron chi connectivity index (χ4n) is 12.2. The van der Waals surface area contributed by atoms with E-state index in [1.165, 1.54) is 66.8 Å². The van der Waals surface area contributed by atoms with Gasteiger partial charge in [0.05, 0.1) is 5.41 Å². The lowest BCUT2D eigenvalue weighted by molar-refractivity contribution is 0.628. The summed E-state index contributed by atoms with van der Waals surface area (Å²) in [5.41, 5.74) is 22.9. The van der Waals surface area contributed by atoms with Crippen LogP contribution in [0.4, 0.5) is 34.1 Å². The molecule has 11 aromatic rings. The molecule has 1 spiro atoms. The molecule has 0 amide bonds. The zero-order valence-corrected chi connectivity index (χ0v) is 38.4. The van der Waals surface area contributed by atoms with Gasteiger partial charge in [-0.2, -0.15) is 0 Å². The van der Waals surface area contributed by atoms with Gasteiger partial charge in [0.2, 0.25) is 0 Å². The second-order valence-electron chi connectivity index (χ2n) is 19.2. The van der Waals surface area contributed by atoms with Crippen LogP contribution in [0.1, 0.15) is 47.2 Å². The maximum absolute atomic E-state index is 7.07. The van der Waals surface area contributed by atoms with Crippen LogP contribution in [0.2, 0.25) is 0 Å². The third-order valence-electron chi connectivity index (χ3n) is 15.3. The zero-order chi connectivity index (χ0) is 45.8. The minimum atomic E-state index is -0.696. The molecule has 0 saturated heterocycles. The van der Waals surface area contributed by atoms with E-state index in [4.69, 9.17) is 4.42 Å². The summed E-state index contributed by atoms with van der Waals surface area (Å²) < 4.78 is 7.07. The van der Waals surface area contributed by atoms with Crippen LogP contribution in [-0.2, 0) is 10.8 Å². The summed E-state index contributed by atoms with van der Waals surface area (Å²) in [6.07, 6.45) is 0. The molecule has 0 radical (unpaired) electrons. The van der Waals surface area contributed by atoms with Crippen LogP contribution in [0.25, 0.3) is 55.7 Å². The van der Waals surface area contributed by atoms with Crippen LogP contribution in [0.5, 0.6) is 0 Å². The maximum Gasteiger partial charge on any atom is 0.140 e. The third kappa shape index (κ3) is 5.68. The molecule has 0 aliphatic heterocycles. The summed E-state index contributed by atoms with van der Waals surface area (Å²) in [4.78, 5) is 4.84. The van der Waals surface area contributed by atoms with Crippen molar-refractivity contribution in [1.82, 2.24) is 0 Å². The first kappa shape index (κ1) is 39.5. The Kier molecular flexibility index (Phi) is 8.54. The van der Waals surface area contributed by atoms with Crippen LogP contribution in [0.15, 0.2) is 247 Å². The second kappa shape index (κ2) is 14.9. The fraction of sp³-hybridized carbons (Fsp3) is 0.0606. The smallest absolute Gasteiger partial charge is 0.140 e. The molecule has 0 saturated carbocycles. The highest BCUT2D eigenvalue weighted by Crippen LogP contribution is 2.66. The van der Waals surface area contributed by atoms with Gasteiger partial charge in [-0.15, -0.1) is 0 Å². The highest BCUT2D eigenvalue weighted by Gasteiger charge is 2.55. The van der Waals surface area contributed by atoms with E-state index in [-0.39, 0.29) is 5.41 Å². The molecule has 0 bridgehead atoms. The van der Waals surface area contributed by atoms with Gasteiger partial charge in [0.15, 0.2) is 0 Å². The normalized spacial score (nSPS) is 15.3. The molecule has 3 heteroatoms. The Morgan fingerprint density at radius 1 is 0.319 bits per heavy atom. The summed E-state index contributed by atoms with van der Waals surface area (Å²) in [5, 5.41) is 1.13. The minimum Gasteiger partial charge on any atom is -0.456 e. The lowest BCUT2D eigenvalue weighted by Gasteiger charge is -2.33. The number of furan rings is 1. The summed E-state index contributed by atoms with van der Waals surface area (Å²) in [7, 11) is 0. The molecule has 10 aromatic carbocycles. The fourth-order valence-corrected chi connectivity index (χ4v) is 12.2. The summed E-state index contributed by atoms with van der Waals surface area (Å²) in [6, 6.07) is 89.1.